The average molecular weight is 989 g/mol. The van der Waals surface area contributed by atoms with Gasteiger partial charge in [0.1, 0.15) is 12.4 Å². The predicted octanol–water partition coefficient (Wildman–Crippen LogP) is 11.7. The Morgan fingerprint density at radius 2 is 1.50 bits per heavy atom. The molecular formula is C53H55Cl3F3N5O4. The molecule has 3 unspecified atom stereocenters. The van der Waals surface area contributed by atoms with E-state index < -0.39 is 6.36 Å². The number of unbranched alkanes of at least 4 members (excludes halogenated alkanes) is 1. The van der Waals surface area contributed by atoms with Crippen LogP contribution < -0.4 is 19.5 Å². The summed E-state index contributed by atoms with van der Waals surface area (Å²) >= 11 is 19.3. The van der Waals surface area contributed by atoms with E-state index in [1.807, 2.05) is 61.5 Å². The van der Waals surface area contributed by atoms with Gasteiger partial charge in [-0.25, -0.2) is 0 Å². The molecule has 1 N–H and O–H groups in total. The van der Waals surface area contributed by atoms with Gasteiger partial charge >= 0.3 is 6.36 Å². The van der Waals surface area contributed by atoms with Gasteiger partial charge in [-0.3, -0.25) is 19.5 Å². The van der Waals surface area contributed by atoms with Gasteiger partial charge in [-0.05, 0) is 109 Å². The lowest BCUT2D eigenvalue weighted by Gasteiger charge is -2.34. The molecule has 9 rings (SSSR count). The summed E-state index contributed by atoms with van der Waals surface area (Å²) in [6.07, 6.45) is 0.349. The SMILES string of the molecule is COc1ccc(CN2CCNC(C(=O)CCCCn3cc(-c4ccc(OC(F)(F)F)cc4)c4cc(CN5CC6CC5CN6Cc5c(Cl)cccc5Cl)ccc43)C2)cc1OCc1ccc(Cl)c(C)c1. The fraction of sp³-hybridized carbons (Fsp3) is 0.377. The Kier molecular flexibility index (Phi) is 14.9. The summed E-state index contributed by atoms with van der Waals surface area (Å²) in [5, 5.41) is 6.58. The number of hydrogen-bond acceptors (Lipinski definition) is 8. The van der Waals surface area contributed by atoms with Crippen molar-refractivity contribution in [1.82, 2.24) is 24.6 Å². The van der Waals surface area contributed by atoms with Crippen molar-refractivity contribution in [2.45, 2.75) is 89.9 Å². The van der Waals surface area contributed by atoms with Crippen molar-refractivity contribution >= 4 is 51.5 Å². The number of ether oxygens (including phenoxy) is 3. The minimum atomic E-state index is -4.77. The molecule has 3 fully saturated rings. The highest BCUT2D eigenvalue weighted by molar-refractivity contribution is 6.36. The number of hydrogen-bond donors (Lipinski definition) is 1. The summed E-state index contributed by atoms with van der Waals surface area (Å²) in [6.45, 7) is 9.24. The molecule has 358 valence electrons. The molecule has 3 aliphatic heterocycles. The first-order valence-corrected chi connectivity index (χ1v) is 24.3. The van der Waals surface area contributed by atoms with E-state index in [-0.39, 0.29) is 17.6 Å². The Morgan fingerprint density at radius 3 is 2.22 bits per heavy atom. The number of halogens is 6. The third kappa shape index (κ3) is 11.5. The second-order valence-corrected chi connectivity index (χ2v) is 19.5. The zero-order chi connectivity index (χ0) is 47.5. The lowest BCUT2D eigenvalue weighted by Crippen LogP contribution is -2.53. The van der Waals surface area contributed by atoms with E-state index in [0.717, 1.165) is 101 Å². The van der Waals surface area contributed by atoms with Crippen LogP contribution in [0.1, 0.15) is 53.5 Å². The van der Waals surface area contributed by atoms with E-state index in [0.29, 0.717) is 72.8 Å². The van der Waals surface area contributed by atoms with Crippen LogP contribution in [0.5, 0.6) is 17.2 Å². The molecule has 5 aromatic carbocycles. The topological polar surface area (TPSA) is 71.4 Å². The lowest BCUT2D eigenvalue weighted by atomic mass is 10.0. The van der Waals surface area contributed by atoms with Crippen LogP contribution in [-0.2, 0) is 37.6 Å². The average Bonchev–Trinajstić information content (AvgIpc) is 4.02. The highest BCUT2D eigenvalue weighted by Gasteiger charge is 2.43. The van der Waals surface area contributed by atoms with Gasteiger partial charge in [-0.2, -0.15) is 0 Å². The number of rotatable bonds is 18. The van der Waals surface area contributed by atoms with E-state index in [9.17, 15) is 18.0 Å². The van der Waals surface area contributed by atoms with Crippen LogP contribution in [0.25, 0.3) is 22.0 Å². The first kappa shape index (κ1) is 48.2. The lowest BCUT2D eigenvalue weighted by molar-refractivity contribution is -0.274. The van der Waals surface area contributed by atoms with Crippen molar-refractivity contribution in [3.8, 4) is 28.4 Å². The summed E-state index contributed by atoms with van der Waals surface area (Å²) in [5.74, 6) is 1.25. The van der Waals surface area contributed by atoms with Crippen LogP contribution in [0.2, 0.25) is 15.1 Å². The van der Waals surface area contributed by atoms with Gasteiger partial charge in [0.25, 0.3) is 0 Å². The van der Waals surface area contributed by atoms with Gasteiger partial charge in [-0.1, -0.05) is 77.3 Å². The molecule has 6 aromatic rings. The third-order valence-corrected chi connectivity index (χ3v) is 14.7. The number of methoxy groups -OCH3 is 1. The Hall–Kier alpha value is -4.79. The van der Waals surface area contributed by atoms with E-state index in [2.05, 4.69) is 53.7 Å². The highest BCUT2D eigenvalue weighted by atomic mass is 35.5. The van der Waals surface area contributed by atoms with Crippen LogP contribution in [-0.4, -0.2) is 89.4 Å². The molecule has 68 heavy (non-hydrogen) atoms. The van der Waals surface area contributed by atoms with Crippen molar-refractivity contribution in [3.05, 3.63) is 146 Å². The number of aromatic nitrogens is 1. The summed E-state index contributed by atoms with van der Waals surface area (Å²) in [4.78, 5) is 21.0. The molecule has 9 nitrogen and oxygen atoms in total. The Balaban J connectivity index is 0.821. The summed E-state index contributed by atoms with van der Waals surface area (Å²) < 4.78 is 57.3. The predicted molar refractivity (Wildman–Crippen MR) is 263 cm³/mol. The van der Waals surface area contributed by atoms with Crippen molar-refractivity contribution in [2.24, 2.45) is 0 Å². The van der Waals surface area contributed by atoms with Gasteiger partial charge in [-0.15, -0.1) is 13.2 Å². The number of fused-ring (bicyclic) bond motifs is 3. The first-order chi connectivity index (χ1) is 32.8. The maximum Gasteiger partial charge on any atom is 0.573 e. The number of nitrogens with zero attached hydrogens (tertiary/aromatic N) is 4. The third-order valence-electron chi connectivity index (χ3n) is 13.6. The van der Waals surface area contributed by atoms with Crippen LogP contribution in [0, 0.1) is 6.92 Å². The second-order valence-electron chi connectivity index (χ2n) is 18.3. The molecule has 3 saturated heterocycles. The number of benzene rings is 5. The standard InChI is InChI=1S/C53H55Cl3F3N5O4/c1-34-22-37(9-16-45(34)54)33-67-52-24-36(11-18-51(52)66-2)26-61-21-19-60-48(32-61)50(65)8-3-4-20-62-30-43(38-12-14-41(15-13-38)68-53(57,58)59)42-23-35(10-17-49(42)62)27-63-28-40-25-39(63)29-64(40)31-44-46(55)6-5-7-47(44)56/h5-7,9-18,22-24,30,39-40,48,60H,3-4,8,19-21,25-29,31-33H2,1-2H3. The number of Topliss-reactive ketones (excluding diaryl/α,β-unsaturated/α-hetero) is 1. The smallest absolute Gasteiger partial charge is 0.493 e. The van der Waals surface area contributed by atoms with E-state index in [4.69, 9.17) is 44.3 Å². The fourth-order valence-corrected chi connectivity index (χ4v) is 10.7. The van der Waals surface area contributed by atoms with Gasteiger partial charge in [0, 0.05) is 121 Å². The summed E-state index contributed by atoms with van der Waals surface area (Å²) in [7, 11) is 1.63. The number of aryl methyl sites for hydroxylation is 2. The van der Waals surface area contributed by atoms with E-state index >= 15 is 0 Å². The quantitative estimate of drug-likeness (QED) is 0.0854. The molecule has 15 heteroatoms. The summed E-state index contributed by atoms with van der Waals surface area (Å²) in [5.41, 5.74) is 7.99. The van der Waals surface area contributed by atoms with Crippen molar-refractivity contribution in [2.75, 3.05) is 39.8 Å². The normalized spacial score (nSPS) is 19.0. The number of ketones is 1. The van der Waals surface area contributed by atoms with E-state index in [1.165, 1.54) is 17.7 Å². The maximum atomic E-state index is 13.6. The fourth-order valence-electron chi connectivity index (χ4n) is 10.1. The zero-order valence-electron chi connectivity index (χ0n) is 38.1. The van der Waals surface area contributed by atoms with E-state index in [1.54, 1.807) is 19.2 Å². The minimum Gasteiger partial charge on any atom is -0.493 e. The zero-order valence-corrected chi connectivity index (χ0v) is 40.4. The first-order valence-electron chi connectivity index (χ1n) is 23.2. The largest absolute Gasteiger partial charge is 0.573 e. The van der Waals surface area contributed by atoms with Gasteiger partial charge < -0.3 is 24.1 Å². The van der Waals surface area contributed by atoms with Crippen molar-refractivity contribution < 1.29 is 32.2 Å². The van der Waals surface area contributed by atoms with Crippen LogP contribution in [0.3, 0.4) is 0 Å². The number of carbonyl (C=O) groups excluding carboxylic acids is 1. The maximum absolute atomic E-state index is 13.6. The second kappa shape index (κ2) is 21.1. The molecule has 0 radical (unpaired) electrons. The monoisotopic (exact) mass is 987 g/mol. The van der Waals surface area contributed by atoms with Crippen molar-refractivity contribution in [1.29, 1.82) is 0 Å². The number of nitrogens with one attached hydrogen (secondary N) is 1. The van der Waals surface area contributed by atoms with Gasteiger partial charge in [0.05, 0.1) is 13.2 Å². The van der Waals surface area contributed by atoms with Crippen LogP contribution in [0.4, 0.5) is 13.2 Å². The molecule has 0 saturated carbocycles. The summed E-state index contributed by atoms with van der Waals surface area (Å²) in [6, 6.07) is 30.7. The van der Waals surface area contributed by atoms with Gasteiger partial charge in [0.2, 0.25) is 0 Å². The molecule has 1 aromatic heterocycles. The molecule has 0 spiro atoms. The number of carbonyl (C=O) groups is 1. The molecule has 3 atom stereocenters. The molecular weight excluding hydrogens is 934 g/mol. The molecule has 0 amide bonds. The molecule has 3 aliphatic rings. The molecule has 2 bridgehead atoms. The highest BCUT2D eigenvalue weighted by Crippen LogP contribution is 2.38. The van der Waals surface area contributed by atoms with Crippen molar-refractivity contribution in [3.63, 3.8) is 0 Å². The molecule has 4 heterocycles. The number of alkyl halides is 3. The minimum absolute atomic E-state index is 0.196. The molecule has 0 aliphatic carbocycles. The Bertz CT molecular complexity index is 2730. The Labute approximate surface area is 410 Å². The number of piperazine rings is 2. The Morgan fingerprint density at radius 1 is 0.779 bits per heavy atom. The van der Waals surface area contributed by atoms with Crippen LogP contribution in [0.15, 0.2) is 103 Å². The number of likely N-dealkylation sites (tertiary alicyclic amines) is 2. The van der Waals surface area contributed by atoms with Crippen LogP contribution >= 0.6 is 34.8 Å². The van der Waals surface area contributed by atoms with Gasteiger partial charge in [0.15, 0.2) is 17.3 Å².